The lowest BCUT2D eigenvalue weighted by molar-refractivity contribution is -0.133. The first-order valence-electron chi connectivity index (χ1n) is 2.96. The van der Waals surface area contributed by atoms with Crippen molar-refractivity contribution >= 4 is 33.4 Å². The zero-order valence-corrected chi connectivity index (χ0v) is 8.25. The average Bonchev–Trinajstić information content (AvgIpc) is 2.11. The number of alkyl halides is 1. The second kappa shape index (κ2) is 5.70. The summed E-state index contributed by atoms with van der Waals surface area (Å²) in [6.45, 7) is 0. The molecule has 0 aliphatic rings. The van der Waals surface area contributed by atoms with Crippen molar-refractivity contribution in [2.45, 2.75) is 0 Å². The highest BCUT2D eigenvalue weighted by atomic mass is 79.9. The van der Waals surface area contributed by atoms with E-state index in [1.807, 2.05) is 0 Å². The second-order valence-corrected chi connectivity index (χ2v) is 2.23. The van der Waals surface area contributed by atoms with Gasteiger partial charge in [-0.3, -0.25) is 4.79 Å². The second-order valence-electron chi connectivity index (χ2n) is 1.67. The van der Waals surface area contributed by atoms with Crippen molar-refractivity contribution < 1.29 is 19.2 Å². The van der Waals surface area contributed by atoms with E-state index < -0.39 is 11.8 Å². The van der Waals surface area contributed by atoms with Crippen LogP contribution in [0.15, 0.2) is 5.16 Å². The fourth-order valence-corrected chi connectivity index (χ4v) is 0.719. The number of hydrogen-bond donors (Lipinski definition) is 0. The Morgan fingerprint density at radius 2 is 2.00 bits per heavy atom. The largest absolute Gasteiger partial charge is 0.464 e. The van der Waals surface area contributed by atoms with Gasteiger partial charge >= 0.3 is 5.97 Å². The number of oxime groups is 1. The lowest BCUT2D eigenvalue weighted by Gasteiger charge is -1.98. The molecule has 0 spiro atoms. The summed E-state index contributed by atoms with van der Waals surface area (Å²) in [6, 6.07) is 0. The maximum absolute atomic E-state index is 10.9. The Kier molecular flexibility index (Phi) is 5.27. The molecule has 0 atom stereocenters. The molecule has 0 aromatic carbocycles. The number of rotatable bonds is 4. The molecule has 0 fully saturated rings. The molecule has 0 saturated heterocycles. The minimum Gasteiger partial charge on any atom is -0.464 e. The van der Waals surface area contributed by atoms with Crippen molar-refractivity contribution in [3.8, 4) is 0 Å². The molecule has 5 nitrogen and oxygen atoms in total. The van der Waals surface area contributed by atoms with Gasteiger partial charge < -0.3 is 9.57 Å². The normalized spacial score (nSPS) is 10.8. The molecule has 12 heavy (non-hydrogen) atoms. The highest BCUT2D eigenvalue weighted by molar-refractivity contribution is 9.09. The van der Waals surface area contributed by atoms with Crippen LogP contribution in [0.2, 0.25) is 0 Å². The van der Waals surface area contributed by atoms with Gasteiger partial charge in [-0.05, 0) is 0 Å². The third-order valence-corrected chi connectivity index (χ3v) is 1.46. The summed E-state index contributed by atoms with van der Waals surface area (Å²) in [7, 11) is 2.40. The molecule has 6 heteroatoms. The molecule has 0 unspecified atom stereocenters. The third-order valence-electron chi connectivity index (χ3n) is 0.947. The average molecular weight is 238 g/mol. The maximum Gasteiger partial charge on any atom is 0.363 e. The van der Waals surface area contributed by atoms with Crippen molar-refractivity contribution in [3.63, 3.8) is 0 Å². The van der Waals surface area contributed by atoms with Crippen LogP contribution in [0.1, 0.15) is 0 Å². The number of carbonyl (C=O) groups is 2. The highest BCUT2D eigenvalue weighted by Crippen LogP contribution is 1.91. The van der Waals surface area contributed by atoms with Gasteiger partial charge in [0.25, 0.3) is 0 Å². The zero-order valence-electron chi connectivity index (χ0n) is 6.67. The monoisotopic (exact) mass is 237 g/mol. The van der Waals surface area contributed by atoms with Crippen LogP contribution in [0.3, 0.4) is 0 Å². The molecule has 0 radical (unpaired) electrons. The Labute approximate surface area is 77.8 Å². The van der Waals surface area contributed by atoms with Crippen LogP contribution >= 0.6 is 15.9 Å². The molecule has 0 aromatic heterocycles. The van der Waals surface area contributed by atoms with Crippen molar-refractivity contribution in [1.29, 1.82) is 0 Å². The standard InChI is InChI=1S/C6H8BrNO4/c1-11-6(10)5(8-12-2)4(9)3-7/h3H2,1-2H3. The van der Waals surface area contributed by atoms with E-state index in [1.165, 1.54) is 7.11 Å². The maximum atomic E-state index is 10.9. The molecule has 68 valence electrons. The number of methoxy groups -OCH3 is 1. The van der Waals surface area contributed by atoms with E-state index in [4.69, 9.17) is 0 Å². The van der Waals surface area contributed by atoms with Gasteiger partial charge in [0.15, 0.2) is 0 Å². The number of esters is 1. The Morgan fingerprint density at radius 1 is 1.42 bits per heavy atom. The summed E-state index contributed by atoms with van der Waals surface area (Å²) in [6.07, 6.45) is 0. The number of carbonyl (C=O) groups excluding carboxylic acids is 2. The SMILES string of the molecule is CON=C(C(=O)CBr)C(=O)OC. The third kappa shape index (κ3) is 3.00. The number of Topliss-reactive ketones (excluding diaryl/α,β-unsaturated/α-hetero) is 1. The fraction of sp³-hybridized carbons (Fsp3) is 0.500. The number of halogens is 1. The number of ketones is 1. The Balaban J connectivity index is 4.55. The van der Waals surface area contributed by atoms with Gasteiger partial charge in [0, 0.05) is 0 Å². The van der Waals surface area contributed by atoms with Crippen molar-refractivity contribution in [2.75, 3.05) is 19.5 Å². The molecule has 0 heterocycles. The summed E-state index contributed by atoms with van der Waals surface area (Å²) >= 11 is 2.89. The molecule has 0 aliphatic carbocycles. The van der Waals surface area contributed by atoms with Crippen LogP contribution in [0.25, 0.3) is 0 Å². The quantitative estimate of drug-likeness (QED) is 0.229. The topological polar surface area (TPSA) is 65.0 Å². The summed E-state index contributed by atoms with van der Waals surface area (Å²) in [5.41, 5.74) is -0.350. The Bertz CT molecular complexity index is 196. The van der Waals surface area contributed by atoms with Crippen LogP contribution < -0.4 is 0 Å². The zero-order chi connectivity index (χ0) is 9.56. The van der Waals surface area contributed by atoms with E-state index in [2.05, 4.69) is 30.7 Å². The summed E-state index contributed by atoms with van der Waals surface area (Å²) in [4.78, 5) is 26.1. The molecule has 0 rings (SSSR count). The summed E-state index contributed by atoms with van der Waals surface area (Å²) in [5, 5.41) is 3.23. The highest BCUT2D eigenvalue weighted by Gasteiger charge is 2.20. The number of nitrogens with zero attached hydrogens (tertiary/aromatic N) is 1. The smallest absolute Gasteiger partial charge is 0.363 e. The lowest BCUT2D eigenvalue weighted by Crippen LogP contribution is -2.26. The van der Waals surface area contributed by atoms with Crippen LogP contribution in [0, 0.1) is 0 Å². The van der Waals surface area contributed by atoms with Gasteiger partial charge in [-0.1, -0.05) is 21.1 Å². The lowest BCUT2D eigenvalue weighted by atomic mass is 10.3. The predicted molar refractivity (Wildman–Crippen MR) is 45.3 cm³/mol. The van der Waals surface area contributed by atoms with E-state index in [9.17, 15) is 9.59 Å². The first kappa shape index (κ1) is 11.1. The molecule has 0 aromatic rings. The molecule has 0 aliphatic heterocycles. The summed E-state index contributed by atoms with van der Waals surface area (Å²) < 4.78 is 4.30. The van der Waals surface area contributed by atoms with Gasteiger partial charge in [-0.15, -0.1) is 0 Å². The molecule has 0 N–H and O–H groups in total. The molecule has 0 bridgehead atoms. The number of ether oxygens (including phenoxy) is 1. The van der Waals surface area contributed by atoms with Gasteiger partial charge in [-0.2, -0.15) is 0 Å². The van der Waals surface area contributed by atoms with E-state index in [-0.39, 0.29) is 11.0 Å². The first-order chi connectivity index (χ1) is 5.67. The van der Waals surface area contributed by atoms with E-state index >= 15 is 0 Å². The molecular weight excluding hydrogens is 230 g/mol. The first-order valence-corrected chi connectivity index (χ1v) is 4.08. The van der Waals surface area contributed by atoms with Crippen LogP contribution in [0.5, 0.6) is 0 Å². The van der Waals surface area contributed by atoms with E-state index in [0.717, 1.165) is 7.11 Å². The van der Waals surface area contributed by atoms with E-state index in [1.54, 1.807) is 0 Å². The van der Waals surface area contributed by atoms with Crippen LogP contribution in [-0.4, -0.2) is 37.0 Å². The Morgan fingerprint density at radius 3 is 2.33 bits per heavy atom. The van der Waals surface area contributed by atoms with Crippen LogP contribution in [0.4, 0.5) is 0 Å². The number of hydrogen-bond acceptors (Lipinski definition) is 5. The fourth-order valence-electron chi connectivity index (χ4n) is 0.453. The van der Waals surface area contributed by atoms with Gasteiger partial charge in [0.1, 0.15) is 7.11 Å². The minimum atomic E-state index is -0.804. The Hall–Kier alpha value is -0.910. The van der Waals surface area contributed by atoms with Gasteiger partial charge in [-0.25, -0.2) is 4.79 Å². The molecular formula is C6H8BrNO4. The van der Waals surface area contributed by atoms with E-state index in [0.29, 0.717) is 0 Å². The van der Waals surface area contributed by atoms with Crippen molar-refractivity contribution in [2.24, 2.45) is 5.16 Å². The van der Waals surface area contributed by atoms with Gasteiger partial charge in [0.05, 0.1) is 12.4 Å². The van der Waals surface area contributed by atoms with Crippen molar-refractivity contribution in [1.82, 2.24) is 0 Å². The molecule has 0 saturated carbocycles. The van der Waals surface area contributed by atoms with Gasteiger partial charge in [0.2, 0.25) is 11.5 Å². The summed E-state index contributed by atoms with van der Waals surface area (Å²) in [5.74, 6) is -1.29. The predicted octanol–water partition coefficient (Wildman–Crippen LogP) is 0.126. The minimum absolute atomic E-state index is 0.00426. The van der Waals surface area contributed by atoms with Crippen molar-refractivity contribution in [3.05, 3.63) is 0 Å². The van der Waals surface area contributed by atoms with Crippen LogP contribution in [-0.2, 0) is 19.2 Å². The molecule has 0 amide bonds.